The van der Waals surface area contributed by atoms with Gasteiger partial charge < -0.3 is 10.1 Å². The van der Waals surface area contributed by atoms with Gasteiger partial charge in [0.2, 0.25) is 11.8 Å². The summed E-state index contributed by atoms with van der Waals surface area (Å²) in [6, 6.07) is 3.62. The predicted octanol–water partition coefficient (Wildman–Crippen LogP) is 5.66. The Kier molecular flexibility index (Phi) is 8.85. The Labute approximate surface area is 162 Å². The first-order chi connectivity index (χ1) is 13.0. The fourth-order valence-corrected chi connectivity index (χ4v) is 2.37. The van der Waals surface area contributed by atoms with Crippen LogP contribution in [0.2, 0.25) is 0 Å². The van der Waals surface area contributed by atoms with Gasteiger partial charge in [0.25, 0.3) is 0 Å². The van der Waals surface area contributed by atoms with Gasteiger partial charge in [-0.2, -0.15) is 0 Å². The fourth-order valence-electron chi connectivity index (χ4n) is 2.37. The van der Waals surface area contributed by atoms with Crippen LogP contribution in [-0.4, -0.2) is 29.2 Å². The second kappa shape index (κ2) is 10.6. The molecule has 6 heteroatoms. The van der Waals surface area contributed by atoms with Crippen molar-refractivity contribution in [3.8, 4) is 5.88 Å². The molecule has 0 saturated heterocycles. The van der Waals surface area contributed by atoms with Crippen LogP contribution in [0.15, 0.2) is 24.4 Å². The third-order valence-corrected chi connectivity index (χ3v) is 4.02. The number of allylic oxidation sites excluding steroid dienone is 2. The molecule has 0 aromatic carbocycles. The van der Waals surface area contributed by atoms with Crippen LogP contribution in [0, 0.1) is 5.92 Å². The molecule has 3 rings (SSSR count). The van der Waals surface area contributed by atoms with E-state index < -0.39 is 12.1 Å². The molecule has 1 fully saturated rings. The Morgan fingerprint density at radius 2 is 1.96 bits per heavy atom. The summed E-state index contributed by atoms with van der Waals surface area (Å²) in [5.74, 6) is 0.00153. The lowest BCUT2D eigenvalue weighted by molar-refractivity contribution is -0.117. The minimum Gasteiger partial charge on any atom is -0.481 e. The molecule has 0 spiro atoms. The van der Waals surface area contributed by atoms with Gasteiger partial charge >= 0.3 is 0 Å². The van der Waals surface area contributed by atoms with Crippen LogP contribution >= 0.6 is 0 Å². The molecular weight excluding hydrogens is 345 g/mol. The van der Waals surface area contributed by atoms with Crippen LogP contribution in [0.1, 0.15) is 55.0 Å². The van der Waals surface area contributed by atoms with Crippen LogP contribution in [0.4, 0.5) is 10.2 Å². The molecular formula is C21H32FN3O2. The molecule has 1 saturated carbocycles. The molecule has 5 nitrogen and oxygen atoms in total. The molecule has 0 unspecified atom stereocenters. The molecule has 1 N–H and O–H groups in total. The molecule has 0 aliphatic heterocycles. The Bertz CT molecular complexity index is 812. The van der Waals surface area contributed by atoms with E-state index in [1.807, 2.05) is 53.7 Å². The van der Waals surface area contributed by atoms with Crippen molar-refractivity contribution in [2.24, 2.45) is 5.92 Å². The number of aromatic nitrogens is 2. The molecule has 1 amide bonds. The summed E-state index contributed by atoms with van der Waals surface area (Å²) in [7, 11) is 1.57. The van der Waals surface area contributed by atoms with E-state index in [1.54, 1.807) is 19.4 Å². The van der Waals surface area contributed by atoms with Gasteiger partial charge in [-0.25, -0.2) is 14.4 Å². The van der Waals surface area contributed by atoms with Crippen LogP contribution in [0.5, 0.6) is 5.88 Å². The highest BCUT2D eigenvalue weighted by Gasteiger charge is 2.43. The summed E-state index contributed by atoms with van der Waals surface area (Å²) in [6.45, 7) is 11.9. The van der Waals surface area contributed by atoms with E-state index >= 15 is 0 Å². The number of anilines is 1. The Hall–Kier alpha value is -2.50. The summed E-state index contributed by atoms with van der Waals surface area (Å²) in [5.41, 5.74) is 2.61. The first-order valence-electron chi connectivity index (χ1n) is 9.46. The van der Waals surface area contributed by atoms with Crippen molar-refractivity contribution in [3.05, 3.63) is 30.0 Å². The molecule has 1 aliphatic carbocycles. The van der Waals surface area contributed by atoms with Gasteiger partial charge in [-0.05, 0) is 31.9 Å². The number of methoxy groups -OCH3 is 1. The first kappa shape index (κ1) is 22.5. The summed E-state index contributed by atoms with van der Waals surface area (Å²) in [6.07, 6.45) is 2.89. The normalized spacial score (nSPS) is 17.9. The van der Waals surface area contributed by atoms with Crippen molar-refractivity contribution in [2.75, 3.05) is 12.4 Å². The maximum absolute atomic E-state index is 12.9. The van der Waals surface area contributed by atoms with Crippen LogP contribution in [0.25, 0.3) is 16.5 Å². The number of hydrogen-bond donors (Lipinski definition) is 1. The Balaban J connectivity index is 0.00000137. The number of alkyl halides is 1. The molecule has 2 atom stereocenters. The largest absolute Gasteiger partial charge is 0.481 e. The van der Waals surface area contributed by atoms with E-state index in [4.69, 9.17) is 4.74 Å². The van der Waals surface area contributed by atoms with Crippen molar-refractivity contribution in [2.45, 2.75) is 54.1 Å². The highest BCUT2D eigenvalue weighted by Crippen LogP contribution is 2.35. The molecule has 2 aromatic rings. The van der Waals surface area contributed by atoms with Crippen molar-refractivity contribution in [3.63, 3.8) is 0 Å². The number of carbonyl (C=O) groups excluding carboxylic acids is 1. The lowest BCUT2D eigenvalue weighted by Crippen LogP contribution is -2.15. The summed E-state index contributed by atoms with van der Waals surface area (Å²) < 4.78 is 18.3. The van der Waals surface area contributed by atoms with E-state index in [9.17, 15) is 9.18 Å². The van der Waals surface area contributed by atoms with Crippen LogP contribution < -0.4 is 10.1 Å². The lowest BCUT2D eigenvalue weighted by atomic mass is 10.1. The van der Waals surface area contributed by atoms with Gasteiger partial charge in [-0.3, -0.25) is 4.79 Å². The highest BCUT2D eigenvalue weighted by atomic mass is 19.1. The van der Waals surface area contributed by atoms with E-state index in [0.29, 0.717) is 17.2 Å². The average Bonchev–Trinajstić information content (AvgIpc) is 3.46. The number of halogens is 1. The topological polar surface area (TPSA) is 64.1 Å². The number of carbonyl (C=O) groups is 1. The fraction of sp³-hybridized carbons (Fsp3) is 0.476. The Morgan fingerprint density at radius 1 is 1.33 bits per heavy atom. The number of rotatable bonds is 4. The van der Waals surface area contributed by atoms with Gasteiger partial charge in [-0.1, -0.05) is 33.8 Å². The monoisotopic (exact) mass is 377 g/mol. The van der Waals surface area contributed by atoms with Gasteiger partial charge in [-0.15, -0.1) is 0 Å². The Morgan fingerprint density at radius 3 is 2.48 bits per heavy atom. The number of fused-ring (bicyclic) bond motifs is 1. The third kappa shape index (κ3) is 5.49. The van der Waals surface area contributed by atoms with Gasteiger partial charge in [0.1, 0.15) is 12.0 Å². The SMILES string of the molecule is C/C=C(\C)c1cc2cnc(NC(=O)[C@H]3C[C@H]3F)cc2nc1OC.CC.CC.[HH]. The van der Waals surface area contributed by atoms with Gasteiger partial charge in [0, 0.05) is 24.6 Å². The zero-order chi connectivity index (χ0) is 20.6. The van der Waals surface area contributed by atoms with E-state index in [1.165, 1.54) is 0 Å². The van der Waals surface area contributed by atoms with Crippen molar-refractivity contribution < 1.29 is 15.3 Å². The summed E-state index contributed by atoms with van der Waals surface area (Å²) >= 11 is 0. The third-order valence-electron chi connectivity index (χ3n) is 4.02. The van der Waals surface area contributed by atoms with Crippen LogP contribution in [0.3, 0.4) is 0 Å². The number of nitrogens with zero attached hydrogens (tertiary/aromatic N) is 2. The van der Waals surface area contributed by atoms with Crippen molar-refractivity contribution in [1.29, 1.82) is 0 Å². The first-order valence-corrected chi connectivity index (χ1v) is 9.46. The minimum absolute atomic E-state index is 0. The number of pyridine rings is 2. The van der Waals surface area contributed by atoms with Crippen LogP contribution in [-0.2, 0) is 4.79 Å². The van der Waals surface area contributed by atoms with Gasteiger partial charge in [0.05, 0.1) is 18.5 Å². The average molecular weight is 378 g/mol. The second-order valence-corrected chi connectivity index (χ2v) is 5.63. The summed E-state index contributed by atoms with van der Waals surface area (Å²) in [5, 5.41) is 3.47. The minimum atomic E-state index is -1.03. The summed E-state index contributed by atoms with van der Waals surface area (Å²) in [4.78, 5) is 20.5. The molecule has 150 valence electrons. The van der Waals surface area contributed by atoms with E-state index in [-0.39, 0.29) is 13.8 Å². The quantitative estimate of drug-likeness (QED) is 0.747. The molecule has 0 bridgehead atoms. The maximum atomic E-state index is 12.9. The van der Waals surface area contributed by atoms with Crippen molar-refractivity contribution >= 4 is 28.2 Å². The zero-order valence-corrected chi connectivity index (χ0v) is 17.3. The highest BCUT2D eigenvalue weighted by molar-refractivity contribution is 5.95. The number of ether oxygens (including phenoxy) is 1. The van der Waals surface area contributed by atoms with E-state index in [0.717, 1.165) is 16.5 Å². The standard InChI is InChI=1S/C17H18FN3O2.2C2H6.H2/c1-4-9(2)11-5-10-8-19-15(7-14(10)20-17(11)23-3)21-16(22)12-6-13(12)18;2*1-2;/h4-5,7-8,12-13H,6H2,1-3H3,(H,19,21,22);2*1-2H3;1H/b9-4+;;;/t12-,13+;;;/m0.../s1. The molecule has 2 aromatic heterocycles. The number of hydrogen-bond acceptors (Lipinski definition) is 4. The lowest BCUT2D eigenvalue weighted by Gasteiger charge is -2.10. The zero-order valence-electron chi connectivity index (χ0n) is 17.3. The van der Waals surface area contributed by atoms with Gasteiger partial charge in [0.15, 0.2) is 0 Å². The van der Waals surface area contributed by atoms with E-state index in [2.05, 4.69) is 15.3 Å². The molecule has 0 radical (unpaired) electrons. The number of amides is 1. The maximum Gasteiger partial charge on any atom is 0.231 e. The smallest absolute Gasteiger partial charge is 0.231 e. The molecule has 2 heterocycles. The number of nitrogens with one attached hydrogen (secondary N) is 1. The predicted molar refractivity (Wildman–Crippen MR) is 112 cm³/mol. The second-order valence-electron chi connectivity index (χ2n) is 5.63. The van der Waals surface area contributed by atoms with Crippen molar-refractivity contribution in [1.82, 2.24) is 9.97 Å². The molecule has 27 heavy (non-hydrogen) atoms. The molecule has 1 aliphatic rings.